The van der Waals surface area contributed by atoms with Gasteiger partial charge in [0, 0.05) is 38.2 Å². The maximum Gasteiger partial charge on any atom is 0.272 e. The van der Waals surface area contributed by atoms with E-state index in [0.29, 0.717) is 12.2 Å². The maximum absolute atomic E-state index is 11.8. The summed E-state index contributed by atoms with van der Waals surface area (Å²) >= 11 is 0. The molecule has 2 N–H and O–H groups in total. The first kappa shape index (κ1) is 15.7. The van der Waals surface area contributed by atoms with Gasteiger partial charge in [0.2, 0.25) is 5.91 Å². The van der Waals surface area contributed by atoms with Crippen molar-refractivity contribution in [2.45, 2.75) is 19.9 Å². The van der Waals surface area contributed by atoms with Gasteiger partial charge in [0.1, 0.15) is 5.69 Å². The van der Waals surface area contributed by atoms with Gasteiger partial charge in [-0.1, -0.05) is 0 Å². The fourth-order valence-corrected chi connectivity index (χ4v) is 1.89. The van der Waals surface area contributed by atoms with Crippen LogP contribution in [0.1, 0.15) is 22.6 Å². The number of carbonyl (C=O) groups excluding carboxylic acids is 2. The van der Waals surface area contributed by atoms with Gasteiger partial charge in [-0.05, 0) is 25.5 Å². The summed E-state index contributed by atoms with van der Waals surface area (Å²) in [6.07, 6.45) is 4.37. The average molecular weight is 304 g/mol. The van der Waals surface area contributed by atoms with Crippen LogP contribution in [0.3, 0.4) is 0 Å². The van der Waals surface area contributed by atoms with Gasteiger partial charge in [0.15, 0.2) is 0 Å². The van der Waals surface area contributed by atoms with Gasteiger partial charge in [-0.3, -0.25) is 19.0 Å². The van der Waals surface area contributed by atoms with Crippen molar-refractivity contribution in [3.05, 3.63) is 35.9 Å². The molecular weight excluding hydrogens is 284 g/mol. The number of hydrogen-bond donors (Lipinski definition) is 2. The Balaban J connectivity index is 1.63. The predicted molar refractivity (Wildman–Crippen MR) is 80.1 cm³/mol. The lowest BCUT2D eigenvalue weighted by molar-refractivity contribution is -0.120. The average Bonchev–Trinajstić information content (AvgIpc) is 3.12. The van der Waals surface area contributed by atoms with Crippen LogP contribution in [-0.2, 0) is 18.4 Å². The predicted octanol–water partition coefficient (Wildman–Crippen LogP) is -0.139. The largest absolute Gasteiger partial charge is 0.355 e. The monoisotopic (exact) mass is 304 g/mol. The summed E-state index contributed by atoms with van der Waals surface area (Å²) in [5.41, 5.74) is 1.19. The number of aryl methyl sites for hydroxylation is 3. The van der Waals surface area contributed by atoms with Gasteiger partial charge < -0.3 is 10.6 Å². The van der Waals surface area contributed by atoms with Crippen LogP contribution >= 0.6 is 0 Å². The first-order valence-electron chi connectivity index (χ1n) is 7.09. The lowest BCUT2D eigenvalue weighted by atomic mass is 10.3. The second-order valence-corrected chi connectivity index (χ2v) is 4.95. The van der Waals surface area contributed by atoms with E-state index in [2.05, 4.69) is 20.8 Å². The molecule has 2 rings (SSSR count). The molecule has 0 aliphatic carbocycles. The summed E-state index contributed by atoms with van der Waals surface area (Å²) in [4.78, 5) is 23.5. The standard InChI is InChI=1S/C14H20N6O2/c1-11-9-12(18-19(11)2)14(22)16-10-13(21)15-5-3-7-20-8-4-6-17-20/h4,6,8-9H,3,5,7,10H2,1-2H3,(H,15,21)(H,16,22). The Bertz CT molecular complexity index is 612. The Labute approximate surface area is 128 Å². The fourth-order valence-electron chi connectivity index (χ4n) is 1.89. The number of nitrogens with zero attached hydrogens (tertiary/aromatic N) is 4. The second kappa shape index (κ2) is 7.39. The zero-order valence-corrected chi connectivity index (χ0v) is 12.7. The quantitative estimate of drug-likeness (QED) is 0.696. The highest BCUT2D eigenvalue weighted by Crippen LogP contribution is 2.00. The molecule has 2 aromatic heterocycles. The minimum atomic E-state index is -0.351. The SMILES string of the molecule is Cc1cc(C(=O)NCC(=O)NCCCn2cccn2)nn1C. The van der Waals surface area contributed by atoms with Crippen LogP contribution < -0.4 is 10.6 Å². The molecular formula is C14H20N6O2. The molecule has 8 nitrogen and oxygen atoms in total. The van der Waals surface area contributed by atoms with Gasteiger partial charge in [0.05, 0.1) is 6.54 Å². The molecule has 8 heteroatoms. The van der Waals surface area contributed by atoms with E-state index < -0.39 is 0 Å². The topological polar surface area (TPSA) is 93.8 Å². The minimum absolute atomic E-state index is 0.0593. The number of carbonyl (C=O) groups is 2. The Hall–Kier alpha value is -2.64. The van der Waals surface area contributed by atoms with Crippen molar-refractivity contribution in [2.75, 3.05) is 13.1 Å². The van der Waals surface area contributed by atoms with Gasteiger partial charge in [-0.25, -0.2) is 0 Å². The molecule has 0 saturated carbocycles. The fraction of sp³-hybridized carbons (Fsp3) is 0.429. The van der Waals surface area contributed by atoms with Crippen molar-refractivity contribution >= 4 is 11.8 Å². The van der Waals surface area contributed by atoms with E-state index in [9.17, 15) is 9.59 Å². The molecule has 0 spiro atoms. The molecule has 0 aliphatic rings. The smallest absolute Gasteiger partial charge is 0.272 e. The zero-order valence-electron chi connectivity index (χ0n) is 12.7. The lowest BCUT2D eigenvalue weighted by Gasteiger charge is -2.06. The normalized spacial score (nSPS) is 10.5. The van der Waals surface area contributed by atoms with Gasteiger partial charge in [-0.2, -0.15) is 10.2 Å². The third-order valence-electron chi connectivity index (χ3n) is 3.20. The van der Waals surface area contributed by atoms with Crippen molar-refractivity contribution in [3.8, 4) is 0 Å². The molecule has 0 atom stereocenters. The molecule has 0 aromatic carbocycles. The van der Waals surface area contributed by atoms with Crippen LogP contribution in [0.4, 0.5) is 0 Å². The van der Waals surface area contributed by atoms with E-state index in [1.165, 1.54) is 0 Å². The molecule has 22 heavy (non-hydrogen) atoms. The molecule has 2 heterocycles. The van der Waals surface area contributed by atoms with E-state index in [0.717, 1.165) is 18.7 Å². The van der Waals surface area contributed by atoms with Gasteiger partial charge in [-0.15, -0.1) is 0 Å². The molecule has 2 amide bonds. The number of amides is 2. The van der Waals surface area contributed by atoms with E-state index in [1.807, 2.05) is 19.2 Å². The number of nitrogens with one attached hydrogen (secondary N) is 2. The summed E-state index contributed by atoms with van der Waals surface area (Å²) in [6.45, 7) is 3.08. The van der Waals surface area contributed by atoms with Crippen LogP contribution in [0.2, 0.25) is 0 Å². The Kier molecular flexibility index (Phi) is 5.29. The number of rotatable bonds is 7. The summed E-state index contributed by atoms with van der Waals surface area (Å²) in [6, 6.07) is 3.53. The minimum Gasteiger partial charge on any atom is -0.355 e. The van der Waals surface area contributed by atoms with Crippen LogP contribution in [0, 0.1) is 6.92 Å². The van der Waals surface area contributed by atoms with Gasteiger partial charge >= 0.3 is 0 Å². The molecule has 0 aliphatic heterocycles. The molecule has 0 unspecified atom stereocenters. The van der Waals surface area contributed by atoms with Crippen molar-refractivity contribution < 1.29 is 9.59 Å². The second-order valence-electron chi connectivity index (χ2n) is 4.95. The van der Waals surface area contributed by atoms with E-state index in [-0.39, 0.29) is 18.4 Å². The molecule has 0 radical (unpaired) electrons. The van der Waals surface area contributed by atoms with Crippen LogP contribution in [0.5, 0.6) is 0 Å². The summed E-state index contributed by atoms with van der Waals surface area (Å²) in [7, 11) is 1.76. The van der Waals surface area contributed by atoms with Crippen LogP contribution in [0.25, 0.3) is 0 Å². The number of aromatic nitrogens is 4. The Morgan fingerprint density at radius 2 is 2.14 bits per heavy atom. The van der Waals surface area contributed by atoms with E-state index in [1.54, 1.807) is 28.7 Å². The zero-order chi connectivity index (χ0) is 15.9. The summed E-state index contributed by atoms with van der Waals surface area (Å²) < 4.78 is 3.42. The van der Waals surface area contributed by atoms with Crippen molar-refractivity contribution in [1.29, 1.82) is 0 Å². The lowest BCUT2D eigenvalue weighted by Crippen LogP contribution is -2.37. The van der Waals surface area contributed by atoms with Crippen molar-refractivity contribution in [1.82, 2.24) is 30.2 Å². The van der Waals surface area contributed by atoms with Crippen LogP contribution in [0.15, 0.2) is 24.5 Å². The molecule has 0 saturated heterocycles. The third-order valence-corrected chi connectivity index (χ3v) is 3.20. The highest BCUT2D eigenvalue weighted by Gasteiger charge is 2.11. The van der Waals surface area contributed by atoms with E-state index in [4.69, 9.17) is 0 Å². The molecule has 0 bridgehead atoms. The van der Waals surface area contributed by atoms with Gasteiger partial charge in [0.25, 0.3) is 5.91 Å². The first-order chi connectivity index (χ1) is 10.6. The molecule has 2 aromatic rings. The highest BCUT2D eigenvalue weighted by molar-refractivity contribution is 5.94. The van der Waals surface area contributed by atoms with E-state index >= 15 is 0 Å². The molecule has 0 fully saturated rings. The molecule has 118 valence electrons. The summed E-state index contributed by atoms with van der Waals surface area (Å²) in [5, 5.41) is 13.4. The highest BCUT2D eigenvalue weighted by atomic mass is 16.2. The Morgan fingerprint density at radius 1 is 1.32 bits per heavy atom. The maximum atomic E-state index is 11.8. The van der Waals surface area contributed by atoms with Crippen molar-refractivity contribution in [3.63, 3.8) is 0 Å². The third kappa shape index (κ3) is 4.44. The first-order valence-corrected chi connectivity index (χ1v) is 7.09. The van der Waals surface area contributed by atoms with Crippen molar-refractivity contribution in [2.24, 2.45) is 7.05 Å². The Morgan fingerprint density at radius 3 is 2.77 bits per heavy atom. The number of hydrogen-bond acceptors (Lipinski definition) is 4. The van der Waals surface area contributed by atoms with Crippen LogP contribution in [-0.4, -0.2) is 44.5 Å². The summed E-state index contributed by atoms with van der Waals surface area (Å²) in [5.74, 6) is -0.572.